The molecule has 2 aromatic carbocycles. The van der Waals surface area contributed by atoms with Crippen molar-refractivity contribution in [1.29, 1.82) is 0 Å². The van der Waals surface area contributed by atoms with E-state index in [1.165, 1.54) is 30.0 Å². The van der Waals surface area contributed by atoms with Crippen LogP contribution in [0.1, 0.15) is 12.6 Å². The predicted molar refractivity (Wildman–Crippen MR) is 115 cm³/mol. The summed E-state index contributed by atoms with van der Waals surface area (Å²) >= 11 is 4.32. The zero-order chi connectivity index (χ0) is 21.7. The fourth-order valence-electron chi connectivity index (χ4n) is 2.49. The van der Waals surface area contributed by atoms with Gasteiger partial charge in [0.25, 0.3) is 10.9 Å². The predicted octanol–water partition coefficient (Wildman–Crippen LogP) is 2.45. The van der Waals surface area contributed by atoms with Gasteiger partial charge in [-0.05, 0) is 51.4 Å². The van der Waals surface area contributed by atoms with E-state index in [-0.39, 0.29) is 21.7 Å². The Morgan fingerprint density at radius 2 is 2.00 bits per heavy atom. The zero-order valence-electron chi connectivity index (χ0n) is 15.5. The quantitative estimate of drug-likeness (QED) is 0.0660. The molecule has 30 heavy (non-hydrogen) atoms. The van der Waals surface area contributed by atoms with Crippen molar-refractivity contribution in [1.82, 2.24) is 10.3 Å². The van der Waals surface area contributed by atoms with Crippen LogP contribution in [-0.2, 0) is 0 Å². The third-order valence-corrected chi connectivity index (χ3v) is 5.43. The van der Waals surface area contributed by atoms with Gasteiger partial charge in [0.05, 0.1) is 4.47 Å². The molecule has 10 nitrogen and oxygen atoms in total. The fourth-order valence-corrected chi connectivity index (χ4v) is 3.62. The monoisotopic (exact) mass is 498 g/mol. The lowest BCUT2D eigenvalue weighted by molar-refractivity contribution is 0.297. The average molecular weight is 499 g/mol. The van der Waals surface area contributed by atoms with Gasteiger partial charge in [-0.15, -0.1) is 0 Å². The Hall–Kier alpha value is -2.93. The third kappa shape index (κ3) is 4.62. The van der Waals surface area contributed by atoms with Crippen LogP contribution in [0, 0.1) is 5.82 Å². The summed E-state index contributed by atoms with van der Waals surface area (Å²) in [5, 5.41) is 29.0. The Bertz CT molecular complexity index is 1140. The van der Waals surface area contributed by atoms with Gasteiger partial charge in [0, 0.05) is 24.5 Å². The molecule has 3 rings (SSSR count). The first-order valence-electron chi connectivity index (χ1n) is 8.67. The summed E-state index contributed by atoms with van der Waals surface area (Å²) in [6.45, 7) is 2.72. The molecule has 158 valence electrons. The van der Waals surface area contributed by atoms with Gasteiger partial charge in [0.1, 0.15) is 17.2 Å². The van der Waals surface area contributed by atoms with Gasteiger partial charge in [0.2, 0.25) is 5.84 Å². The van der Waals surface area contributed by atoms with E-state index in [0.29, 0.717) is 35.2 Å². The number of benzene rings is 1. The maximum absolute atomic E-state index is 13.4. The molecule has 4 N–H and O–H groups in total. The summed E-state index contributed by atoms with van der Waals surface area (Å²) in [5.41, 5.74) is 0.0855. The number of hydrogen-bond donors (Lipinski definition) is 4. The SMILES string of the molecule is CCNc1c(NCCSc2nonc2/C(=N/O)Nc2ccc(F)c(Br)c2)c(=O)c1=O. The van der Waals surface area contributed by atoms with E-state index in [1.54, 1.807) is 0 Å². The van der Waals surface area contributed by atoms with Gasteiger partial charge in [-0.1, -0.05) is 16.9 Å². The van der Waals surface area contributed by atoms with Gasteiger partial charge < -0.3 is 21.2 Å². The van der Waals surface area contributed by atoms with Crippen LogP contribution < -0.4 is 26.8 Å². The maximum atomic E-state index is 13.4. The minimum absolute atomic E-state index is 0.0397. The van der Waals surface area contributed by atoms with Crippen LogP contribution in [0.5, 0.6) is 0 Å². The van der Waals surface area contributed by atoms with Crippen molar-refractivity contribution in [2.24, 2.45) is 5.16 Å². The van der Waals surface area contributed by atoms with Crippen LogP contribution in [0.2, 0.25) is 0 Å². The van der Waals surface area contributed by atoms with Crippen molar-refractivity contribution in [3.05, 3.63) is 54.6 Å². The van der Waals surface area contributed by atoms with E-state index in [0.717, 1.165) is 0 Å². The Labute approximate surface area is 181 Å². The van der Waals surface area contributed by atoms with Crippen LogP contribution in [-0.4, -0.2) is 40.2 Å². The van der Waals surface area contributed by atoms with Crippen molar-refractivity contribution in [3.63, 3.8) is 0 Å². The highest BCUT2D eigenvalue weighted by Gasteiger charge is 2.21. The lowest BCUT2D eigenvalue weighted by atomic mass is 10.2. The van der Waals surface area contributed by atoms with Crippen molar-refractivity contribution in [2.45, 2.75) is 11.9 Å². The number of anilines is 3. The molecular weight excluding hydrogens is 483 g/mol. The van der Waals surface area contributed by atoms with E-state index in [2.05, 4.69) is 47.3 Å². The molecule has 13 heteroatoms. The minimum atomic E-state index is -0.552. The molecule has 0 atom stereocenters. The average Bonchev–Trinajstić information content (AvgIpc) is 3.21. The van der Waals surface area contributed by atoms with E-state index in [9.17, 15) is 19.2 Å². The molecule has 0 aliphatic rings. The van der Waals surface area contributed by atoms with Crippen molar-refractivity contribution in [2.75, 3.05) is 34.8 Å². The number of rotatable bonds is 9. The Morgan fingerprint density at radius 1 is 1.27 bits per heavy atom. The number of hydrogen-bond acceptors (Lipinski definition) is 10. The van der Waals surface area contributed by atoms with Crippen molar-refractivity contribution >= 4 is 50.6 Å². The second kappa shape index (κ2) is 9.71. The first-order valence-corrected chi connectivity index (χ1v) is 10.4. The molecule has 0 radical (unpaired) electrons. The summed E-state index contributed by atoms with van der Waals surface area (Å²) in [7, 11) is 0. The van der Waals surface area contributed by atoms with E-state index >= 15 is 0 Å². The Balaban J connectivity index is 1.61. The van der Waals surface area contributed by atoms with Gasteiger partial charge in [-0.2, -0.15) is 0 Å². The summed E-state index contributed by atoms with van der Waals surface area (Å²) in [6, 6.07) is 4.17. The number of halogens is 2. The molecular formula is C17H16BrFN6O4S. The molecule has 0 aliphatic heterocycles. The van der Waals surface area contributed by atoms with Crippen molar-refractivity contribution in [3.8, 4) is 0 Å². The Morgan fingerprint density at radius 3 is 2.67 bits per heavy atom. The highest BCUT2D eigenvalue weighted by molar-refractivity contribution is 9.10. The van der Waals surface area contributed by atoms with Crippen LogP contribution >= 0.6 is 27.7 Å². The van der Waals surface area contributed by atoms with Gasteiger partial charge >= 0.3 is 0 Å². The lowest BCUT2D eigenvalue weighted by Crippen LogP contribution is -2.37. The largest absolute Gasteiger partial charge is 0.409 e. The summed E-state index contributed by atoms with van der Waals surface area (Å²) < 4.78 is 18.4. The van der Waals surface area contributed by atoms with E-state index < -0.39 is 16.7 Å². The number of amidine groups is 1. The molecule has 0 bridgehead atoms. The number of thioether (sulfide) groups is 1. The highest BCUT2D eigenvalue weighted by Crippen LogP contribution is 2.23. The summed E-state index contributed by atoms with van der Waals surface area (Å²) in [5.74, 6) is -0.0251. The molecule has 0 spiro atoms. The second-order valence-corrected chi connectivity index (χ2v) is 7.77. The lowest BCUT2D eigenvalue weighted by Gasteiger charge is -2.13. The van der Waals surface area contributed by atoms with Gasteiger partial charge in [0.15, 0.2) is 10.7 Å². The second-order valence-electron chi connectivity index (χ2n) is 5.83. The minimum Gasteiger partial charge on any atom is -0.409 e. The zero-order valence-corrected chi connectivity index (χ0v) is 17.9. The fraction of sp³-hybridized carbons (Fsp3) is 0.235. The standard InChI is InChI=1S/C17H16BrFN6O4S/c1-2-20-11-12(15(27)14(11)26)21-5-6-30-17-13(24-29-25-17)16(23-28)22-8-3-4-10(19)9(18)7-8/h3-4,7,20-21,28H,2,5-6H2,1H3,(H,22,23). The first-order chi connectivity index (χ1) is 14.5. The molecule has 0 aliphatic carbocycles. The molecule has 0 unspecified atom stereocenters. The highest BCUT2D eigenvalue weighted by atomic mass is 79.9. The molecule has 1 heterocycles. The third-order valence-electron chi connectivity index (χ3n) is 3.87. The normalized spacial score (nSPS) is 11.6. The smallest absolute Gasteiger partial charge is 0.253 e. The van der Waals surface area contributed by atoms with E-state index in [1.807, 2.05) is 6.92 Å². The summed E-state index contributed by atoms with van der Waals surface area (Å²) in [4.78, 5) is 23.1. The number of aromatic nitrogens is 2. The Kier molecular flexibility index (Phi) is 7.05. The molecule has 0 amide bonds. The topological polar surface area (TPSA) is 142 Å². The van der Waals surface area contributed by atoms with Crippen LogP contribution in [0.25, 0.3) is 0 Å². The number of oxime groups is 1. The molecule has 0 fully saturated rings. The number of nitrogens with zero attached hydrogens (tertiary/aromatic N) is 3. The van der Waals surface area contributed by atoms with Gasteiger partial charge in [-0.25, -0.2) is 9.02 Å². The number of nitrogens with one attached hydrogen (secondary N) is 3. The molecule has 0 saturated carbocycles. The molecule has 1 aromatic heterocycles. The van der Waals surface area contributed by atoms with Crippen molar-refractivity contribution < 1.29 is 14.2 Å². The summed E-state index contributed by atoms with van der Waals surface area (Å²) in [6.07, 6.45) is 0. The van der Waals surface area contributed by atoms with Gasteiger partial charge in [-0.3, -0.25) is 9.59 Å². The van der Waals surface area contributed by atoms with Crippen LogP contribution in [0.4, 0.5) is 21.5 Å². The maximum Gasteiger partial charge on any atom is 0.253 e. The first kappa shape index (κ1) is 21.8. The molecule has 3 aromatic rings. The van der Waals surface area contributed by atoms with Crippen LogP contribution in [0.3, 0.4) is 0 Å². The van der Waals surface area contributed by atoms with E-state index in [4.69, 9.17) is 4.63 Å². The van der Waals surface area contributed by atoms with Crippen LogP contribution in [0.15, 0.2) is 47.1 Å². The molecule has 0 saturated heterocycles.